The normalized spacial score (nSPS) is 9.58. The third-order valence-corrected chi connectivity index (χ3v) is 2.21. The Labute approximate surface area is 79.7 Å². The van der Waals surface area contributed by atoms with Crippen molar-refractivity contribution in [2.24, 2.45) is 0 Å². The number of carbonyl (C=O) groups is 1. The van der Waals surface area contributed by atoms with Crippen LogP contribution < -0.4 is 4.74 Å². The number of hydrogen-bond donors (Lipinski definition) is 0. The summed E-state index contributed by atoms with van der Waals surface area (Å²) in [4.78, 5) is 11.0. The lowest BCUT2D eigenvalue weighted by atomic mass is 10.1. The highest BCUT2D eigenvalue weighted by Gasteiger charge is 2.03. The van der Waals surface area contributed by atoms with Crippen LogP contribution in [0.3, 0.4) is 0 Å². The molecule has 0 bridgehead atoms. The Morgan fingerprint density at radius 3 is 2.67 bits per heavy atom. The van der Waals surface area contributed by atoms with Gasteiger partial charge in [0.2, 0.25) is 0 Å². The molecule has 0 fully saturated rings. The summed E-state index contributed by atoms with van der Waals surface area (Å²) < 4.78 is 5.89. The minimum atomic E-state index is 0.0424. The lowest BCUT2D eigenvalue weighted by molar-refractivity contribution is 0.101. The molecule has 3 heteroatoms. The molecule has 0 atom stereocenters. The summed E-state index contributed by atoms with van der Waals surface area (Å²) in [6.45, 7) is 1.53. The number of halogens is 1. The average molecular weight is 229 g/mol. The topological polar surface area (TPSA) is 26.3 Å². The SMILES string of the molecule is COc1cc(C(C)=O)ccc1Br. The second-order valence-electron chi connectivity index (χ2n) is 2.41. The minimum Gasteiger partial charge on any atom is -0.496 e. The fourth-order valence-electron chi connectivity index (χ4n) is 0.879. The molecule has 0 aliphatic heterocycles. The molecule has 1 rings (SSSR count). The van der Waals surface area contributed by atoms with Crippen LogP contribution in [0.4, 0.5) is 0 Å². The maximum absolute atomic E-state index is 11.0. The van der Waals surface area contributed by atoms with E-state index in [1.165, 1.54) is 6.92 Å². The van der Waals surface area contributed by atoms with E-state index in [4.69, 9.17) is 4.74 Å². The van der Waals surface area contributed by atoms with Gasteiger partial charge in [0.1, 0.15) is 5.75 Å². The number of hydrogen-bond acceptors (Lipinski definition) is 2. The van der Waals surface area contributed by atoms with Crippen LogP contribution in [0.25, 0.3) is 0 Å². The smallest absolute Gasteiger partial charge is 0.159 e. The van der Waals surface area contributed by atoms with E-state index in [9.17, 15) is 4.79 Å². The Balaban J connectivity index is 3.13. The predicted molar refractivity (Wildman–Crippen MR) is 50.7 cm³/mol. The second kappa shape index (κ2) is 3.72. The largest absolute Gasteiger partial charge is 0.496 e. The van der Waals surface area contributed by atoms with Crippen LogP contribution in [0.5, 0.6) is 5.75 Å². The summed E-state index contributed by atoms with van der Waals surface area (Å²) in [6, 6.07) is 5.27. The molecule has 0 heterocycles. The Hall–Kier alpha value is -0.830. The first-order valence-electron chi connectivity index (χ1n) is 3.49. The van der Waals surface area contributed by atoms with E-state index in [2.05, 4.69) is 15.9 Å². The molecule has 0 amide bonds. The zero-order valence-corrected chi connectivity index (χ0v) is 8.51. The number of Topliss-reactive ketones (excluding diaryl/α,β-unsaturated/α-hetero) is 1. The summed E-state index contributed by atoms with van der Waals surface area (Å²) in [6.07, 6.45) is 0. The van der Waals surface area contributed by atoms with Crippen LogP contribution in [0.2, 0.25) is 0 Å². The van der Waals surface area contributed by atoms with Gasteiger partial charge in [-0.15, -0.1) is 0 Å². The van der Waals surface area contributed by atoms with E-state index in [1.807, 2.05) is 0 Å². The van der Waals surface area contributed by atoms with Crippen LogP contribution in [0, 0.1) is 0 Å². The van der Waals surface area contributed by atoms with Gasteiger partial charge in [-0.25, -0.2) is 0 Å². The van der Waals surface area contributed by atoms with E-state index in [0.717, 1.165) is 4.47 Å². The molecular weight excluding hydrogens is 220 g/mol. The number of benzene rings is 1. The van der Waals surface area contributed by atoms with Gasteiger partial charge in [-0.05, 0) is 35.0 Å². The van der Waals surface area contributed by atoms with Crippen molar-refractivity contribution in [3.05, 3.63) is 28.2 Å². The minimum absolute atomic E-state index is 0.0424. The summed E-state index contributed by atoms with van der Waals surface area (Å²) in [5, 5.41) is 0. The molecule has 0 saturated carbocycles. The fourth-order valence-corrected chi connectivity index (χ4v) is 1.29. The van der Waals surface area contributed by atoms with Gasteiger partial charge in [0.15, 0.2) is 5.78 Å². The van der Waals surface area contributed by atoms with Gasteiger partial charge in [0.05, 0.1) is 11.6 Å². The van der Waals surface area contributed by atoms with E-state index >= 15 is 0 Å². The molecule has 0 unspecified atom stereocenters. The maximum Gasteiger partial charge on any atom is 0.159 e. The Morgan fingerprint density at radius 2 is 2.17 bits per heavy atom. The van der Waals surface area contributed by atoms with Crippen molar-refractivity contribution < 1.29 is 9.53 Å². The third-order valence-electron chi connectivity index (χ3n) is 1.56. The molecule has 0 aromatic heterocycles. The Bertz CT molecular complexity index is 307. The molecule has 64 valence electrons. The van der Waals surface area contributed by atoms with E-state index < -0.39 is 0 Å². The van der Waals surface area contributed by atoms with E-state index in [1.54, 1.807) is 25.3 Å². The van der Waals surface area contributed by atoms with E-state index in [0.29, 0.717) is 11.3 Å². The zero-order valence-electron chi connectivity index (χ0n) is 6.93. The van der Waals surface area contributed by atoms with Crippen molar-refractivity contribution in [2.45, 2.75) is 6.92 Å². The highest BCUT2D eigenvalue weighted by Crippen LogP contribution is 2.25. The second-order valence-corrected chi connectivity index (χ2v) is 3.26. The average Bonchev–Trinajstić information content (AvgIpc) is 2.05. The van der Waals surface area contributed by atoms with E-state index in [-0.39, 0.29) is 5.78 Å². The number of rotatable bonds is 2. The van der Waals surface area contributed by atoms with Crippen molar-refractivity contribution >= 4 is 21.7 Å². The Morgan fingerprint density at radius 1 is 1.50 bits per heavy atom. The van der Waals surface area contributed by atoms with Crippen LogP contribution in [-0.4, -0.2) is 12.9 Å². The van der Waals surface area contributed by atoms with Crippen molar-refractivity contribution in [3.63, 3.8) is 0 Å². The van der Waals surface area contributed by atoms with Gasteiger partial charge in [-0.3, -0.25) is 4.79 Å². The molecule has 12 heavy (non-hydrogen) atoms. The van der Waals surface area contributed by atoms with Gasteiger partial charge < -0.3 is 4.74 Å². The first kappa shape index (κ1) is 9.26. The molecule has 0 saturated heterocycles. The summed E-state index contributed by atoms with van der Waals surface area (Å²) in [5.41, 5.74) is 0.662. The van der Waals surface area contributed by atoms with Crippen molar-refractivity contribution in [2.75, 3.05) is 7.11 Å². The quantitative estimate of drug-likeness (QED) is 0.728. The summed E-state index contributed by atoms with van der Waals surface area (Å²) >= 11 is 3.30. The van der Waals surface area contributed by atoms with Crippen LogP contribution in [0.1, 0.15) is 17.3 Å². The van der Waals surface area contributed by atoms with Crippen LogP contribution >= 0.6 is 15.9 Å². The van der Waals surface area contributed by atoms with Gasteiger partial charge in [0, 0.05) is 5.56 Å². The lowest BCUT2D eigenvalue weighted by Crippen LogP contribution is -1.93. The molecule has 0 aliphatic rings. The highest BCUT2D eigenvalue weighted by atomic mass is 79.9. The molecule has 0 aliphatic carbocycles. The molecule has 0 spiro atoms. The van der Waals surface area contributed by atoms with Crippen molar-refractivity contribution in [1.82, 2.24) is 0 Å². The number of ether oxygens (including phenoxy) is 1. The molecule has 1 aromatic rings. The number of carbonyl (C=O) groups excluding carboxylic acids is 1. The molecule has 0 radical (unpaired) electrons. The molecule has 2 nitrogen and oxygen atoms in total. The standard InChI is InChI=1S/C9H9BrO2/c1-6(11)7-3-4-8(10)9(5-7)12-2/h3-5H,1-2H3. The lowest BCUT2D eigenvalue weighted by Gasteiger charge is -2.03. The van der Waals surface area contributed by atoms with Crippen LogP contribution in [0.15, 0.2) is 22.7 Å². The monoisotopic (exact) mass is 228 g/mol. The number of methoxy groups -OCH3 is 1. The van der Waals surface area contributed by atoms with Gasteiger partial charge in [0.25, 0.3) is 0 Å². The van der Waals surface area contributed by atoms with Gasteiger partial charge in [-0.1, -0.05) is 6.07 Å². The first-order chi connectivity index (χ1) is 5.65. The van der Waals surface area contributed by atoms with Crippen LogP contribution in [-0.2, 0) is 0 Å². The molecule has 0 N–H and O–H groups in total. The third kappa shape index (κ3) is 1.85. The van der Waals surface area contributed by atoms with Crippen molar-refractivity contribution in [1.29, 1.82) is 0 Å². The first-order valence-corrected chi connectivity index (χ1v) is 4.29. The van der Waals surface area contributed by atoms with Gasteiger partial charge >= 0.3 is 0 Å². The van der Waals surface area contributed by atoms with Gasteiger partial charge in [-0.2, -0.15) is 0 Å². The maximum atomic E-state index is 11.0. The zero-order chi connectivity index (χ0) is 9.14. The predicted octanol–water partition coefficient (Wildman–Crippen LogP) is 2.66. The number of ketones is 1. The molecule has 1 aromatic carbocycles. The summed E-state index contributed by atoms with van der Waals surface area (Å²) in [7, 11) is 1.57. The summed E-state index contributed by atoms with van der Waals surface area (Å²) in [5.74, 6) is 0.725. The highest BCUT2D eigenvalue weighted by molar-refractivity contribution is 9.10. The molecular formula is C9H9BrO2. The Kier molecular flexibility index (Phi) is 2.87. The fraction of sp³-hybridized carbons (Fsp3) is 0.222. The van der Waals surface area contributed by atoms with Crippen molar-refractivity contribution in [3.8, 4) is 5.75 Å².